The van der Waals surface area contributed by atoms with Gasteiger partial charge in [-0.2, -0.15) is 5.10 Å². The number of rotatable bonds is 4. The van der Waals surface area contributed by atoms with Gasteiger partial charge in [-0.3, -0.25) is 14.5 Å². The van der Waals surface area contributed by atoms with Crippen LogP contribution in [0.4, 0.5) is 4.39 Å². The summed E-state index contributed by atoms with van der Waals surface area (Å²) >= 11 is 0. The molecule has 4 aliphatic heterocycles. The molecule has 1 aromatic heterocycles. The van der Waals surface area contributed by atoms with Crippen LogP contribution in [0, 0.1) is 11.7 Å². The second kappa shape index (κ2) is 6.39. The van der Waals surface area contributed by atoms with Crippen LogP contribution in [-0.2, 0) is 13.6 Å². The Morgan fingerprint density at radius 2 is 1.79 bits per heavy atom. The van der Waals surface area contributed by atoms with Crippen molar-refractivity contribution in [2.24, 2.45) is 13.0 Å². The van der Waals surface area contributed by atoms with Crippen molar-refractivity contribution in [3.8, 4) is 0 Å². The minimum absolute atomic E-state index is 0.134. The molecular weight excluding hydrogens is 351 g/mol. The van der Waals surface area contributed by atoms with Crippen molar-refractivity contribution in [3.63, 3.8) is 0 Å². The summed E-state index contributed by atoms with van der Waals surface area (Å²) in [7, 11) is 2.10. The number of benzene rings is 1. The zero-order chi connectivity index (χ0) is 18.8. The van der Waals surface area contributed by atoms with Gasteiger partial charge in [0.2, 0.25) is 0 Å². The molecule has 2 bridgehead atoms. The van der Waals surface area contributed by atoms with Crippen LogP contribution < -0.4 is 0 Å². The molecule has 5 aliphatic rings. The molecule has 148 valence electrons. The topological polar surface area (TPSA) is 24.3 Å². The smallest absolute Gasteiger partial charge is 0.123 e. The Bertz CT molecular complexity index is 863. The van der Waals surface area contributed by atoms with Gasteiger partial charge in [-0.25, -0.2) is 4.39 Å². The fourth-order valence-electron chi connectivity index (χ4n) is 6.44. The Balaban J connectivity index is 1.34. The molecule has 28 heavy (non-hydrogen) atoms. The van der Waals surface area contributed by atoms with Crippen molar-refractivity contribution in [1.29, 1.82) is 0 Å². The summed E-state index contributed by atoms with van der Waals surface area (Å²) < 4.78 is 15.6. The second-order valence-corrected chi connectivity index (χ2v) is 9.40. The van der Waals surface area contributed by atoms with Crippen molar-refractivity contribution < 1.29 is 4.39 Å². The quantitative estimate of drug-likeness (QED) is 0.811. The van der Waals surface area contributed by atoms with E-state index in [0.717, 1.165) is 24.9 Å². The average molecular weight is 381 g/mol. The first kappa shape index (κ1) is 17.2. The molecule has 5 fully saturated rings. The van der Waals surface area contributed by atoms with Gasteiger partial charge in [-0.05, 0) is 62.4 Å². The van der Waals surface area contributed by atoms with Crippen LogP contribution in [0.3, 0.4) is 0 Å². The lowest BCUT2D eigenvalue weighted by atomic mass is 9.75. The molecule has 4 nitrogen and oxygen atoms in total. The summed E-state index contributed by atoms with van der Waals surface area (Å²) in [6.45, 7) is 4.56. The van der Waals surface area contributed by atoms with Crippen LogP contribution in [0.25, 0.3) is 0 Å². The standard InChI is InChI=1S/C23H29FN4/c1-26-21(16-2-3-16)18(12-25-26)13-28-14-20(15-4-6-19(24)7-5-15)23-22(28)17-8-10-27(23)11-9-17/h4-7,12,16-17,20,22-23H,2-3,8-11,13-14H2,1H3/t20-,22+,23+/m0/s1. The number of nitrogens with zero attached hydrogens (tertiary/aromatic N) is 4. The van der Waals surface area contributed by atoms with Crippen LogP contribution >= 0.6 is 0 Å². The molecule has 2 aromatic rings. The van der Waals surface area contributed by atoms with Crippen LogP contribution in [0.15, 0.2) is 30.5 Å². The fourth-order valence-corrected chi connectivity index (χ4v) is 6.44. The number of hydrogen-bond acceptors (Lipinski definition) is 3. The first-order valence-electron chi connectivity index (χ1n) is 10.9. The molecule has 1 saturated carbocycles. The molecule has 0 unspecified atom stereocenters. The lowest BCUT2D eigenvalue weighted by Crippen LogP contribution is -2.60. The van der Waals surface area contributed by atoms with Gasteiger partial charge in [0.05, 0.1) is 6.20 Å². The molecule has 1 aliphatic carbocycles. The number of hydrogen-bond donors (Lipinski definition) is 0. The van der Waals surface area contributed by atoms with Crippen molar-refractivity contribution in [2.75, 3.05) is 19.6 Å². The predicted molar refractivity (Wildman–Crippen MR) is 107 cm³/mol. The van der Waals surface area contributed by atoms with E-state index in [1.807, 2.05) is 12.1 Å². The number of fused-ring (bicyclic) bond motifs is 2. The summed E-state index contributed by atoms with van der Waals surface area (Å²) in [6.07, 6.45) is 7.39. The van der Waals surface area contributed by atoms with Gasteiger partial charge in [0.25, 0.3) is 0 Å². The molecular formula is C23H29FN4. The molecule has 3 atom stereocenters. The van der Waals surface area contributed by atoms with Gasteiger partial charge in [0.15, 0.2) is 0 Å². The molecule has 1 aromatic carbocycles. The SMILES string of the molecule is Cn1ncc(CN2C[C@@H](c3ccc(F)cc3)[C@@H]3[C@H]2C2CCN3CC2)c1C1CC1. The highest BCUT2D eigenvalue weighted by atomic mass is 19.1. The Morgan fingerprint density at radius 3 is 2.50 bits per heavy atom. The monoisotopic (exact) mass is 380 g/mol. The molecule has 5 heterocycles. The van der Waals surface area contributed by atoms with Gasteiger partial charge >= 0.3 is 0 Å². The molecule has 0 radical (unpaired) electrons. The highest BCUT2D eigenvalue weighted by Crippen LogP contribution is 2.48. The van der Waals surface area contributed by atoms with Gasteiger partial charge in [0, 0.05) is 55.3 Å². The van der Waals surface area contributed by atoms with Crippen LogP contribution in [0.1, 0.15) is 54.3 Å². The van der Waals surface area contributed by atoms with E-state index < -0.39 is 0 Å². The summed E-state index contributed by atoms with van der Waals surface area (Å²) in [4.78, 5) is 5.47. The number of likely N-dealkylation sites (tertiary alicyclic amines) is 1. The van der Waals surface area contributed by atoms with Crippen molar-refractivity contribution in [1.82, 2.24) is 19.6 Å². The summed E-state index contributed by atoms with van der Waals surface area (Å²) in [5.41, 5.74) is 4.20. The zero-order valence-corrected chi connectivity index (χ0v) is 16.6. The Hall–Kier alpha value is -1.72. The largest absolute Gasteiger partial charge is 0.298 e. The second-order valence-electron chi connectivity index (χ2n) is 9.40. The lowest BCUT2D eigenvalue weighted by molar-refractivity contribution is -0.00875. The fraction of sp³-hybridized carbons (Fsp3) is 0.609. The van der Waals surface area contributed by atoms with E-state index in [1.165, 1.54) is 55.6 Å². The van der Waals surface area contributed by atoms with Crippen LogP contribution in [0.5, 0.6) is 0 Å². The number of aromatic nitrogens is 2. The van der Waals surface area contributed by atoms with Crippen LogP contribution in [0.2, 0.25) is 0 Å². The zero-order valence-electron chi connectivity index (χ0n) is 16.6. The molecule has 0 spiro atoms. The van der Waals surface area contributed by atoms with Gasteiger partial charge < -0.3 is 0 Å². The van der Waals surface area contributed by atoms with E-state index in [-0.39, 0.29) is 5.82 Å². The first-order valence-corrected chi connectivity index (χ1v) is 10.9. The molecule has 7 rings (SSSR count). The van der Waals surface area contributed by atoms with Gasteiger partial charge in [-0.15, -0.1) is 0 Å². The predicted octanol–water partition coefficient (Wildman–Crippen LogP) is 3.50. The molecule has 0 N–H and O–H groups in total. The molecule has 4 saturated heterocycles. The van der Waals surface area contributed by atoms with E-state index in [9.17, 15) is 4.39 Å². The maximum atomic E-state index is 13.5. The van der Waals surface area contributed by atoms with E-state index in [2.05, 4.69) is 32.8 Å². The first-order chi connectivity index (χ1) is 13.7. The third-order valence-corrected chi connectivity index (χ3v) is 7.79. The summed E-state index contributed by atoms with van der Waals surface area (Å²) in [6, 6.07) is 8.52. The lowest BCUT2D eigenvalue weighted by Gasteiger charge is -2.51. The average Bonchev–Trinajstić information content (AvgIpc) is 3.38. The third-order valence-electron chi connectivity index (χ3n) is 7.79. The minimum Gasteiger partial charge on any atom is -0.298 e. The highest BCUT2D eigenvalue weighted by Gasteiger charge is 2.53. The van der Waals surface area contributed by atoms with Crippen molar-refractivity contribution >= 4 is 0 Å². The summed E-state index contributed by atoms with van der Waals surface area (Å²) in [5.74, 6) is 1.88. The number of aryl methyl sites for hydroxylation is 1. The van der Waals surface area contributed by atoms with E-state index in [1.54, 1.807) is 12.1 Å². The van der Waals surface area contributed by atoms with Gasteiger partial charge in [0.1, 0.15) is 5.82 Å². The normalized spacial score (nSPS) is 34.7. The number of piperidine rings is 3. The van der Waals surface area contributed by atoms with E-state index >= 15 is 0 Å². The maximum Gasteiger partial charge on any atom is 0.123 e. The minimum atomic E-state index is -0.134. The highest BCUT2D eigenvalue weighted by molar-refractivity contribution is 5.30. The number of halogens is 1. The Kier molecular flexibility index (Phi) is 3.92. The Labute approximate surface area is 166 Å². The third kappa shape index (κ3) is 2.66. The van der Waals surface area contributed by atoms with Crippen molar-refractivity contribution in [2.45, 2.75) is 56.1 Å². The van der Waals surface area contributed by atoms with E-state index in [4.69, 9.17) is 0 Å². The molecule has 0 amide bonds. The molecule has 5 heteroatoms. The van der Waals surface area contributed by atoms with Crippen molar-refractivity contribution in [3.05, 3.63) is 53.1 Å². The maximum absolute atomic E-state index is 13.5. The van der Waals surface area contributed by atoms with Gasteiger partial charge in [-0.1, -0.05) is 12.1 Å². The van der Waals surface area contributed by atoms with Crippen LogP contribution in [-0.4, -0.2) is 51.3 Å². The van der Waals surface area contributed by atoms with E-state index in [0.29, 0.717) is 18.0 Å². The summed E-state index contributed by atoms with van der Waals surface area (Å²) in [5, 5.41) is 4.60. The Morgan fingerprint density at radius 1 is 1.04 bits per heavy atom.